The van der Waals surface area contributed by atoms with Gasteiger partial charge in [0.15, 0.2) is 6.67 Å². The van der Waals surface area contributed by atoms with Crippen LogP contribution >= 0.6 is 0 Å². The average Bonchev–Trinajstić information content (AvgIpc) is 2.59. The van der Waals surface area contributed by atoms with Crippen LogP contribution in [0.3, 0.4) is 0 Å². The number of benzene rings is 1. The maximum Gasteiger partial charge on any atom is 0.338 e. The van der Waals surface area contributed by atoms with E-state index in [-0.39, 0.29) is 12.5 Å². The van der Waals surface area contributed by atoms with Crippen molar-refractivity contribution in [2.75, 3.05) is 20.8 Å². The number of imide groups is 2. The second-order valence-corrected chi connectivity index (χ2v) is 4.80. The number of carbonyl (C=O) groups is 3. The van der Waals surface area contributed by atoms with E-state index in [1.807, 2.05) is 0 Å². The van der Waals surface area contributed by atoms with Crippen molar-refractivity contribution in [1.82, 2.24) is 9.80 Å². The molecule has 20 heavy (non-hydrogen) atoms. The highest BCUT2D eigenvalue weighted by atomic mass is 19.1. The topological polar surface area (TPSA) is 62.1 Å². The molecule has 1 atom stereocenters. The van der Waals surface area contributed by atoms with Gasteiger partial charge in [0.05, 0.1) is 7.05 Å². The second-order valence-electron chi connectivity index (χ2n) is 4.80. The SMILES string of the molecule is CN1C(=O)C(=O)N(C[NH+](C)Cc2ccc(F)cc2)C1=O. The van der Waals surface area contributed by atoms with Gasteiger partial charge in [0.25, 0.3) is 0 Å². The van der Waals surface area contributed by atoms with E-state index in [1.165, 1.54) is 19.2 Å². The van der Waals surface area contributed by atoms with Gasteiger partial charge in [-0.2, -0.15) is 0 Å². The molecular formula is C13H15FN3O3+. The lowest BCUT2D eigenvalue weighted by Crippen LogP contribution is -3.09. The maximum absolute atomic E-state index is 12.8. The third kappa shape index (κ3) is 2.67. The van der Waals surface area contributed by atoms with E-state index in [0.29, 0.717) is 6.54 Å². The number of amides is 4. The van der Waals surface area contributed by atoms with Crippen LogP contribution in [0.15, 0.2) is 24.3 Å². The van der Waals surface area contributed by atoms with Gasteiger partial charge in [-0.1, -0.05) is 12.1 Å². The normalized spacial score (nSPS) is 17.1. The van der Waals surface area contributed by atoms with Gasteiger partial charge in [-0.05, 0) is 12.1 Å². The molecule has 106 valence electrons. The van der Waals surface area contributed by atoms with Crippen molar-refractivity contribution in [2.45, 2.75) is 6.54 Å². The lowest BCUT2D eigenvalue weighted by Gasteiger charge is -2.19. The van der Waals surface area contributed by atoms with Crippen LogP contribution in [0.1, 0.15) is 5.56 Å². The summed E-state index contributed by atoms with van der Waals surface area (Å²) in [6, 6.07) is 5.38. The molecule has 1 aromatic carbocycles. The van der Waals surface area contributed by atoms with Crippen LogP contribution in [0.2, 0.25) is 0 Å². The van der Waals surface area contributed by atoms with Gasteiger partial charge in [0, 0.05) is 12.6 Å². The fourth-order valence-corrected chi connectivity index (χ4v) is 2.03. The highest BCUT2D eigenvalue weighted by Gasteiger charge is 2.43. The Kier molecular flexibility index (Phi) is 3.80. The quantitative estimate of drug-likeness (QED) is 0.581. The standard InChI is InChI=1S/C13H14FN3O3/c1-15(7-9-3-5-10(14)6-4-9)8-17-12(19)11(18)16(2)13(17)20/h3-6H,7-8H2,1-2H3/p+1. The van der Waals surface area contributed by atoms with Gasteiger partial charge in [0.1, 0.15) is 12.4 Å². The van der Waals surface area contributed by atoms with Crippen molar-refractivity contribution in [3.8, 4) is 0 Å². The summed E-state index contributed by atoms with van der Waals surface area (Å²) >= 11 is 0. The summed E-state index contributed by atoms with van der Waals surface area (Å²) in [5.41, 5.74) is 0.877. The van der Waals surface area contributed by atoms with E-state index in [2.05, 4.69) is 0 Å². The molecule has 1 unspecified atom stereocenters. The Balaban J connectivity index is 2.00. The molecule has 0 bridgehead atoms. The lowest BCUT2D eigenvalue weighted by molar-refractivity contribution is -0.901. The van der Waals surface area contributed by atoms with Crippen molar-refractivity contribution in [2.24, 2.45) is 0 Å². The monoisotopic (exact) mass is 280 g/mol. The van der Waals surface area contributed by atoms with Crippen LogP contribution in [0.5, 0.6) is 0 Å². The summed E-state index contributed by atoms with van der Waals surface area (Å²) in [4.78, 5) is 37.2. The Bertz CT molecular complexity index is 558. The third-order valence-electron chi connectivity index (χ3n) is 3.10. The number of carbonyl (C=O) groups excluding carboxylic acids is 3. The lowest BCUT2D eigenvalue weighted by atomic mass is 10.2. The first kappa shape index (κ1) is 14.1. The van der Waals surface area contributed by atoms with Gasteiger partial charge < -0.3 is 4.90 Å². The first-order valence-corrected chi connectivity index (χ1v) is 6.09. The first-order chi connectivity index (χ1) is 9.40. The van der Waals surface area contributed by atoms with Crippen LogP contribution < -0.4 is 4.90 Å². The van der Waals surface area contributed by atoms with Gasteiger partial charge in [0.2, 0.25) is 0 Å². The molecule has 7 heteroatoms. The summed E-state index contributed by atoms with van der Waals surface area (Å²) in [7, 11) is 3.06. The molecule has 6 nitrogen and oxygen atoms in total. The summed E-state index contributed by atoms with van der Waals surface area (Å²) in [6.45, 7) is 0.598. The smallest absolute Gasteiger partial charge is 0.316 e. The molecule has 0 aromatic heterocycles. The summed E-state index contributed by atoms with van der Waals surface area (Å²) in [6.07, 6.45) is 0. The number of rotatable bonds is 4. The molecule has 0 radical (unpaired) electrons. The Morgan fingerprint density at radius 1 is 1.10 bits per heavy atom. The summed E-state index contributed by atoms with van der Waals surface area (Å²) in [5, 5.41) is 0. The maximum atomic E-state index is 12.8. The molecule has 2 rings (SSSR count). The molecular weight excluding hydrogens is 265 g/mol. The van der Waals surface area contributed by atoms with E-state index in [9.17, 15) is 18.8 Å². The minimum atomic E-state index is -0.815. The van der Waals surface area contributed by atoms with E-state index in [4.69, 9.17) is 0 Å². The fourth-order valence-electron chi connectivity index (χ4n) is 2.03. The number of nitrogens with zero attached hydrogens (tertiary/aromatic N) is 2. The number of quaternary nitrogens is 1. The highest BCUT2D eigenvalue weighted by molar-refractivity contribution is 6.44. The minimum absolute atomic E-state index is 0.0884. The van der Waals surface area contributed by atoms with Crippen molar-refractivity contribution in [3.05, 3.63) is 35.6 Å². The second kappa shape index (κ2) is 5.38. The molecule has 0 saturated carbocycles. The number of hydrogen-bond donors (Lipinski definition) is 1. The first-order valence-electron chi connectivity index (χ1n) is 6.09. The number of likely N-dealkylation sites (N-methyl/N-ethyl adjacent to an activating group) is 1. The van der Waals surface area contributed by atoms with Crippen LogP contribution in [-0.2, 0) is 16.1 Å². The van der Waals surface area contributed by atoms with Gasteiger partial charge in [-0.25, -0.2) is 14.1 Å². The van der Waals surface area contributed by atoms with E-state index < -0.39 is 17.8 Å². The van der Waals surface area contributed by atoms with Crippen LogP contribution in [-0.4, -0.2) is 48.4 Å². The molecule has 1 aliphatic rings. The van der Waals surface area contributed by atoms with Crippen LogP contribution in [0.4, 0.5) is 9.18 Å². The van der Waals surface area contributed by atoms with Crippen LogP contribution in [0, 0.1) is 5.82 Å². The number of halogens is 1. The zero-order chi connectivity index (χ0) is 14.9. The molecule has 1 aromatic rings. The molecule has 1 N–H and O–H groups in total. The van der Waals surface area contributed by atoms with Crippen molar-refractivity contribution >= 4 is 17.8 Å². The Hall–Kier alpha value is -2.28. The Labute approximate surface area is 115 Å². The van der Waals surface area contributed by atoms with Gasteiger partial charge in [-0.15, -0.1) is 0 Å². The average molecular weight is 280 g/mol. The minimum Gasteiger partial charge on any atom is -0.316 e. The van der Waals surface area contributed by atoms with E-state index in [0.717, 1.165) is 20.3 Å². The van der Waals surface area contributed by atoms with Crippen LogP contribution in [0.25, 0.3) is 0 Å². The predicted molar refractivity (Wildman–Crippen MR) is 66.9 cm³/mol. The van der Waals surface area contributed by atoms with Crippen molar-refractivity contribution in [1.29, 1.82) is 0 Å². The molecule has 0 aliphatic carbocycles. The van der Waals surface area contributed by atoms with Crippen molar-refractivity contribution < 1.29 is 23.7 Å². The van der Waals surface area contributed by atoms with Gasteiger partial charge >= 0.3 is 17.8 Å². The Morgan fingerprint density at radius 2 is 1.70 bits per heavy atom. The number of urea groups is 1. The molecule has 4 amide bonds. The molecule has 1 saturated heterocycles. The third-order valence-corrected chi connectivity index (χ3v) is 3.10. The van der Waals surface area contributed by atoms with E-state index >= 15 is 0 Å². The predicted octanol–water partition coefficient (Wildman–Crippen LogP) is -0.781. The largest absolute Gasteiger partial charge is 0.338 e. The van der Waals surface area contributed by atoms with Crippen molar-refractivity contribution in [3.63, 3.8) is 0 Å². The zero-order valence-electron chi connectivity index (χ0n) is 11.2. The Morgan fingerprint density at radius 3 is 2.20 bits per heavy atom. The number of hydrogen-bond acceptors (Lipinski definition) is 3. The van der Waals surface area contributed by atoms with Gasteiger partial charge in [-0.3, -0.25) is 14.5 Å². The summed E-state index contributed by atoms with van der Waals surface area (Å²) in [5.74, 6) is -1.94. The number of nitrogens with one attached hydrogen (secondary N) is 1. The highest BCUT2D eigenvalue weighted by Crippen LogP contribution is 2.07. The molecule has 1 heterocycles. The fraction of sp³-hybridized carbons (Fsp3) is 0.308. The van der Waals surface area contributed by atoms with E-state index in [1.54, 1.807) is 19.2 Å². The molecule has 1 fully saturated rings. The summed E-state index contributed by atoms with van der Waals surface area (Å²) < 4.78 is 12.8. The zero-order valence-corrected chi connectivity index (χ0v) is 11.2. The molecule has 1 aliphatic heterocycles. The molecule has 0 spiro atoms.